The van der Waals surface area contributed by atoms with E-state index in [2.05, 4.69) is 34.4 Å². The minimum atomic E-state index is -0.148. The number of hydrogen-bond donors (Lipinski definition) is 2. The monoisotopic (exact) mass is 352 g/mol. The van der Waals surface area contributed by atoms with Crippen LogP contribution in [0.5, 0.6) is 0 Å². The van der Waals surface area contributed by atoms with Crippen LogP contribution < -0.4 is 10.6 Å². The Kier molecular flexibility index (Phi) is 6.21. The first-order valence-corrected chi connectivity index (χ1v) is 9.61. The topological polar surface area (TPSA) is 66.9 Å². The third kappa shape index (κ3) is 5.04. The lowest BCUT2D eigenvalue weighted by atomic mass is 9.95. The predicted octanol–water partition coefficient (Wildman–Crippen LogP) is 4.27. The molecule has 3 rings (SSSR count). The van der Waals surface area contributed by atoms with Crippen LogP contribution in [0.3, 0.4) is 0 Å². The van der Waals surface area contributed by atoms with Crippen molar-refractivity contribution in [2.75, 3.05) is 11.9 Å². The largest absolute Gasteiger partial charge is 0.367 e. The van der Waals surface area contributed by atoms with Crippen molar-refractivity contribution in [3.05, 3.63) is 42.1 Å². The average Bonchev–Trinajstić information content (AvgIpc) is 2.67. The summed E-state index contributed by atoms with van der Waals surface area (Å²) in [5.41, 5.74) is 1.33. The molecule has 1 aromatic heterocycles. The van der Waals surface area contributed by atoms with Gasteiger partial charge in [0.25, 0.3) is 5.91 Å². The number of rotatable bonds is 6. The molecule has 0 bridgehead atoms. The number of anilines is 1. The highest BCUT2D eigenvalue weighted by molar-refractivity contribution is 5.93. The fourth-order valence-electron chi connectivity index (χ4n) is 3.20. The van der Waals surface area contributed by atoms with Gasteiger partial charge in [-0.1, -0.05) is 63.4 Å². The Morgan fingerprint density at radius 1 is 1.12 bits per heavy atom. The fraction of sp³-hybridized carbons (Fsp3) is 0.476. The van der Waals surface area contributed by atoms with E-state index >= 15 is 0 Å². The molecule has 1 aliphatic rings. The van der Waals surface area contributed by atoms with Gasteiger partial charge in [0.15, 0.2) is 5.82 Å². The maximum absolute atomic E-state index is 12.5. The van der Waals surface area contributed by atoms with E-state index in [9.17, 15) is 4.79 Å². The molecule has 0 aliphatic heterocycles. The summed E-state index contributed by atoms with van der Waals surface area (Å²) in [6, 6.07) is 12.0. The predicted molar refractivity (Wildman–Crippen MR) is 105 cm³/mol. The molecule has 2 N–H and O–H groups in total. The molecular weight excluding hydrogens is 324 g/mol. The van der Waals surface area contributed by atoms with Gasteiger partial charge >= 0.3 is 0 Å². The zero-order valence-corrected chi connectivity index (χ0v) is 15.7. The lowest BCUT2D eigenvalue weighted by Crippen LogP contribution is -2.29. The van der Waals surface area contributed by atoms with E-state index in [1.165, 1.54) is 19.3 Å². The second-order valence-electron chi connectivity index (χ2n) is 7.41. The normalized spacial score (nSPS) is 15.0. The Labute approximate surface area is 155 Å². The van der Waals surface area contributed by atoms with Crippen molar-refractivity contribution in [1.29, 1.82) is 0 Å². The van der Waals surface area contributed by atoms with E-state index < -0.39 is 0 Å². The van der Waals surface area contributed by atoms with Gasteiger partial charge in [0, 0.05) is 24.2 Å². The molecular formula is C21H28N4O. The van der Waals surface area contributed by atoms with Crippen molar-refractivity contribution in [3.63, 3.8) is 0 Å². The molecule has 1 aliphatic carbocycles. The first-order chi connectivity index (χ1) is 12.6. The summed E-state index contributed by atoms with van der Waals surface area (Å²) in [6.45, 7) is 4.78. The Morgan fingerprint density at radius 2 is 1.85 bits per heavy atom. The van der Waals surface area contributed by atoms with Gasteiger partial charge in [-0.2, -0.15) is 0 Å². The summed E-state index contributed by atoms with van der Waals surface area (Å²) < 4.78 is 0. The molecule has 1 aromatic carbocycles. The van der Waals surface area contributed by atoms with Gasteiger partial charge in [-0.25, -0.2) is 9.97 Å². The number of amides is 1. The summed E-state index contributed by atoms with van der Waals surface area (Å²) in [5.74, 6) is 1.57. The molecule has 0 atom stereocenters. The number of aromatic nitrogens is 2. The molecule has 1 amide bonds. The molecule has 1 heterocycles. The minimum Gasteiger partial charge on any atom is -0.367 e. The van der Waals surface area contributed by atoms with E-state index in [-0.39, 0.29) is 5.91 Å². The van der Waals surface area contributed by atoms with E-state index in [4.69, 9.17) is 0 Å². The fourth-order valence-corrected chi connectivity index (χ4v) is 3.20. The smallest absolute Gasteiger partial charge is 0.270 e. The molecule has 0 saturated heterocycles. The molecule has 138 valence electrons. The van der Waals surface area contributed by atoms with Crippen molar-refractivity contribution in [2.45, 2.75) is 52.0 Å². The van der Waals surface area contributed by atoms with Crippen LogP contribution in [0.2, 0.25) is 0 Å². The first kappa shape index (κ1) is 18.4. The SMILES string of the molecule is CC(C)CNC(=O)c1cc(NC2CCCCC2)nc(-c2ccccc2)n1. The number of nitrogens with one attached hydrogen (secondary N) is 2. The molecule has 5 nitrogen and oxygen atoms in total. The van der Waals surface area contributed by atoms with Crippen molar-refractivity contribution in [2.24, 2.45) is 5.92 Å². The molecule has 0 spiro atoms. The second-order valence-corrected chi connectivity index (χ2v) is 7.41. The molecule has 26 heavy (non-hydrogen) atoms. The third-order valence-electron chi connectivity index (χ3n) is 4.62. The van der Waals surface area contributed by atoms with E-state index in [0.717, 1.165) is 24.2 Å². The standard InChI is InChI=1S/C21H28N4O/c1-15(2)14-22-21(26)18-13-19(23-17-11-7-4-8-12-17)25-20(24-18)16-9-5-3-6-10-16/h3,5-6,9-10,13,15,17H,4,7-8,11-12,14H2,1-2H3,(H,22,26)(H,23,24,25). The Morgan fingerprint density at radius 3 is 2.54 bits per heavy atom. The summed E-state index contributed by atoms with van der Waals surface area (Å²) in [6.07, 6.45) is 6.10. The second kappa shape index (κ2) is 8.79. The van der Waals surface area contributed by atoms with Crippen LogP contribution in [0.25, 0.3) is 11.4 Å². The summed E-state index contributed by atoms with van der Waals surface area (Å²) >= 11 is 0. The van der Waals surface area contributed by atoms with Gasteiger partial charge < -0.3 is 10.6 Å². The summed E-state index contributed by atoms with van der Waals surface area (Å²) in [7, 11) is 0. The van der Waals surface area contributed by atoms with Crippen LogP contribution in [0.15, 0.2) is 36.4 Å². The van der Waals surface area contributed by atoms with Gasteiger partial charge in [-0.15, -0.1) is 0 Å². The summed E-state index contributed by atoms with van der Waals surface area (Å²) in [5, 5.41) is 6.47. The summed E-state index contributed by atoms with van der Waals surface area (Å²) in [4.78, 5) is 21.7. The highest BCUT2D eigenvalue weighted by atomic mass is 16.1. The van der Waals surface area contributed by atoms with Crippen LogP contribution >= 0.6 is 0 Å². The third-order valence-corrected chi connectivity index (χ3v) is 4.62. The van der Waals surface area contributed by atoms with Gasteiger partial charge in [-0.3, -0.25) is 4.79 Å². The maximum atomic E-state index is 12.5. The van der Waals surface area contributed by atoms with Gasteiger partial charge in [-0.05, 0) is 18.8 Å². The molecule has 1 saturated carbocycles. The van der Waals surface area contributed by atoms with E-state index in [1.807, 2.05) is 30.3 Å². The highest BCUT2D eigenvalue weighted by Gasteiger charge is 2.17. The number of nitrogens with zero attached hydrogens (tertiary/aromatic N) is 2. The molecule has 1 fully saturated rings. The Hall–Kier alpha value is -2.43. The van der Waals surface area contributed by atoms with Crippen molar-refractivity contribution < 1.29 is 4.79 Å². The van der Waals surface area contributed by atoms with Crippen LogP contribution in [0.4, 0.5) is 5.82 Å². The number of hydrogen-bond acceptors (Lipinski definition) is 4. The number of carbonyl (C=O) groups is 1. The van der Waals surface area contributed by atoms with Crippen LogP contribution in [-0.2, 0) is 0 Å². The van der Waals surface area contributed by atoms with E-state index in [0.29, 0.717) is 30.0 Å². The Bertz CT molecular complexity index is 724. The van der Waals surface area contributed by atoms with Crippen LogP contribution in [0, 0.1) is 5.92 Å². The molecule has 0 radical (unpaired) electrons. The van der Waals surface area contributed by atoms with Crippen LogP contribution in [-0.4, -0.2) is 28.5 Å². The molecule has 0 unspecified atom stereocenters. The first-order valence-electron chi connectivity index (χ1n) is 9.61. The highest BCUT2D eigenvalue weighted by Crippen LogP contribution is 2.23. The quantitative estimate of drug-likeness (QED) is 0.814. The van der Waals surface area contributed by atoms with Gasteiger partial charge in [0.1, 0.15) is 11.5 Å². The average molecular weight is 352 g/mol. The number of benzene rings is 1. The number of carbonyl (C=O) groups excluding carboxylic acids is 1. The van der Waals surface area contributed by atoms with Crippen molar-refractivity contribution in [1.82, 2.24) is 15.3 Å². The van der Waals surface area contributed by atoms with Crippen molar-refractivity contribution >= 4 is 11.7 Å². The Balaban J connectivity index is 1.87. The van der Waals surface area contributed by atoms with E-state index in [1.54, 1.807) is 6.07 Å². The van der Waals surface area contributed by atoms with Crippen molar-refractivity contribution in [3.8, 4) is 11.4 Å². The molecule has 2 aromatic rings. The zero-order chi connectivity index (χ0) is 18.4. The maximum Gasteiger partial charge on any atom is 0.270 e. The van der Waals surface area contributed by atoms with Crippen LogP contribution in [0.1, 0.15) is 56.4 Å². The van der Waals surface area contributed by atoms with Gasteiger partial charge in [0.2, 0.25) is 0 Å². The lowest BCUT2D eigenvalue weighted by Gasteiger charge is -2.23. The van der Waals surface area contributed by atoms with Gasteiger partial charge in [0.05, 0.1) is 0 Å². The molecule has 5 heteroatoms. The minimum absolute atomic E-state index is 0.148. The lowest BCUT2D eigenvalue weighted by molar-refractivity contribution is 0.0944. The zero-order valence-electron chi connectivity index (χ0n) is 15.7.